The molecule has 0 radical (unpaired) electrons. The van der Waals surface area contributed by atoms with Gasteiger partial charge in [-0.3, -0.25) is 19.1 Å². The van der Waals surface area contributed by atoms with Crippen LogP contribution in [0.25, 0.3) is 22.4 Å². The lowest BCUT2D eigenvalue weighted by molar-refractivity contribution is -0.895. The predicted molar refractivity (Wildman–Crippen MR) is 197 cm³/mol. The number of rotatable bonds is 9. The first-order valence-electron chi connectivity index (χ1n) is 18.2. The summed E-state index contributed by atoms with van der Waals surface area (Å²) in [6.45, 7) is 4.64. The Morgan fingerprint density at radius 2 is 1.61 bits per heavy atom. The van der Waals surface area contributed by atoms with Crippen LogP contribution in [0, 0.1) is 23.5 Å². The summed E-state index contributed by atoms with van der Waals surface area (Å²) in [7, 11) is 5.71. The van der Waals surface area contributed by atoms with Crippen LogP contribution in [0.15, 0.2) is 42.7 Å². The highest BCUT2D eigenvalue weighted by Gasteiger charge is 2.39. The number of hydrogen-bond acceptors (Lipinski definition) is 6. The summed E-state index contributed by atoms with van der Waals surface area (Å²) in [5, 5.41) is 15.5. The van der Waals surface area contributed by atoms with E-state index in [1.165, 1.54) is 29.8 Å². The number of piperidine rings is 1. The van der Waals surface area contributed by atoms with Gasteiger partial charge in [0.15, 0.2) is 23.2 Å². The molecule has 0 bridgehead atoms. The fourth-order valence-electron chi connectivity index (χ4n) is 7.15. The van der Waals surface area contributed by atoms with E-state index in [4.69, 9.17) is 11.6 Å². The Morgan fingerprint density at radius 1 is 0.982 bits per heavy atom. The lowest BCUT2D eigenvalue weighted by Gasteiger charge is -2.40. The summed E-state index contributed by atoms with van der Waals surface area (Å²) < 4.78 is 75.7. The number of carbonyl (C=O) groups excluding carboxylic acids is 3. The lowest BCUT2D eigenvalue weighted by Crippen LogP contribution is -2.54. The number of halogens is 6. The first-order valence-corrected chi connectivity index (χ1v) is 18.5. The van der Waals surface area contributed by atoms with Gasteiger partial charge >= 0.3 is 6.18 Å². The lowest BCUT2D eigenvalue weighted by atomic mass is 9.94. The molecular weight excluding hydrogens is 763 g/mol. The number of aliphatic hydroxyl groups is 1. The minimum atomic E-state index is -4.97. The quantitative estimate of drug-likeness (QED) is 0.169. The maximum atomic E-state index is 15.6. The minimum absolute atomic E-state index is 0.00246. The molecule has 2 aromatic heterocycles. The molecule has 3 amide bonds. The van der Waals surface area contributed by atoms with Gasteiger partial charge in [-0.1, -0.05) is 24.6 Å². The molecule has 0 saturated carbocycles. The van der Waals surface area contributed by atoms with Crippen LogP contribution in [-0.2, 0) is 24.6 Å². The Bertz CT molecular complexity index is 2130. The van der Waals surface area contributed by atoms with Crippen molar-refractivity contribution in [1.29, 1.82) is 0 Å². The van der Waals surface area contributed by atoms with Crippen LogP contribution < -0.4 is 5.32 Å². The fourth-order valence-corrected chi connectivity index (χ4v) is 7.41. The monoisotopic (exact) mass is 805 g/mol. The largest absolute Gasteiger partial charge is 0.435 e. The highest BCUT2D eigenvalue weighted by Crippen LogP contribution is 2.39. The Balaban J connectivity index is 1.12. The van der Waals surface area contributed by atoms with Gasteiger partial charge < -0.3 is 29.3 Å². The van der Waals surface area contributed by atoms with Crippen LogP contribution in [-0.4, -0.2) is 116 Å². The third-order valence-electron chi connectivity index (χ3n) is 10.5. The van der Waals surface area contributed by atoms with Gasteiger partial charge in [0.05, 0.1) is 49.7 Å². The predicted octanol–water partition coefficient (Wildman–Crippen LogP) is 5.55. The van der Waals surface area contributed by atoms with E-state index < -0.39 is 46.5 Å². The van der Waals surface area contributed by atoms with Crippen LogP contribution in [0.2, 0.25) is 5.02 Å². The molecule has 2 aliphatic heterocycles. The normalized spacial score (nSPS) is 16.9. The van der Waals surface area contributed by atoms with Gasteiger partial charge in [-0.05, 0) is 30.2 Å². The average Bonchev–Trinajstić information content (AvgIpc) is 3.76. The molecule has 2 aromatic carbocycles. The van der Waals surface area contributed by atoms with Gasteiger partial charge in [-0.25, -0.2) is 13.8 Å². The summed E-state index contributed by atoms with van der Waals surface area (Å²) in [6.07, 6.45) is -1.21. The molecule has 1 atom stereocenters. The number of anilines is 1. The van der Waals surface area contributed by atoms with Crippen molar-refractivity contribution in [3.8, 4) is 22.4 Å². The van der Waals surface area contributed by atoms with Crippen molar-refractivity contribution in [1.82, 2.24) is 29.1 Å². The molecule has 12 nitrogen and oxygen atoms in total. The SMILES string of the molecule is CC(CO)Cn1cc(-c2ccc(-c3cnc(C(=O)Nc4ccc(C(=O)N5CCN(C(=O)C6CC[N+](C)(C)CC6)CC5)c(Cl)c4)n3C)c(F)c2F)c(C(F)(F)F)n1. The van der Waals surface area contributed by atoms with Gasteiger partial charge in [-0.15, -0.1) is 0 Å². The van der Waals surface area contributed by atoms with Gasteiger partial charge in [-0.2, -0.15) is 18.3 Å². The standard InChI is InChI=1S/C38H42ClF5N8O4/c1-22(21-53)19-51-20-28(33(47-51)38(42,43)44)25-7-8-27(32(41)31(25)40)30-18-45-34(48(30)2)35(54)46-24-5-6-26(29(39)17-24)37(56)50-13-11-49(12-14-50)36(55)23-9-15-52(3,4)16-10-23/h5-8,17-18,20,22-23,53H,9-16,19,21H2,1-4H3/p+1. The number of nitrogens with zero attached hydrogens (tertiary/aromatic N) is 7. The number of quaternary nitrogens is 1. The molecule has 2 aliphatic rings. The Kier molecular flexibility index (Phi) is 11.6. The maximum Gasteiger partial charge on any atom is 0.435 e. The van der Waals surface area contributed by atoms with E-state index in [-0.39, 0.29) is 64.2 Å². The van der Waals surface area contributed by atoms with Crippen molar-refractivity contribution >= 4 is 35.0 Å². The third-order valence-corrected chi connectivity index (χ3v) is 10.8. The van der Waals surface area contributed by atoms with E-state index in [9.17, 15) is 32.7 Å². The van der Waals surface area contributed by atoms with E-state index in [2.05, 4.69) is 29.5 Å². The van der Waals surface area contributed by atoms with E-state index in [0.29, 0.717) is 26.2 Å². The van der Waals surface area contributed by atoms with E-state index in [1.807, 2.05) is 4.90 Å². The molecule has 18 heteroatoms. The zero-order chi connectivity index (χ0) is 40.7. The molecule has 4 aromatic rings. The Hall–Kier alpha value is -4.87. The maximum absolute atomic E-state index is 15.6. The van der Waals surface area contributed by atoms with E-state index in [1.54, 1.807) is 11.8 Å². The molecule has 2 N–H and O–H groups in total. The number of carbonyl (C=O) groups is 3. The summed E-state index contributed by atoms with van der Waals surface area (Å²) >= 11 is 6.51. The number of hydrogen-bond donors (Lipinski definition) is 2. The summed E-state index contributed by atoms with van der Waals surface area (Å²) in [5.74, 6) is -4.59. The van der Waals surface area contributed by atoms with Crippen LogP contribution >= 0.6 is 11.6 Å². The van der Waals surface area contributed by atoms with Gasteiger partial charge in [0.1, 0.15) is 0 Å². The molecular formula is C38H43ClF5N8O4+. The number of amides is 3. The van der Waals surface area contributed by atoms with Crippen molar-refractivity contribution in [3.63, 3.8) is 0 Å². The zero-order valence-corrected chi connectivity index (χ0v) is 32.1. The molecule has 300 valence electrons. The highest BCUT2D eigenvalue weighted by molar-refractivity contribution is 6.34. The summed E-state index contributed by atoms with van der Waals surface area (Å²) in [4.78, 5) is 47.3. The number of likely N-dealkylation sites (tertiary alicyclic amines) is 1. The molecule has 56 heavy (non-hydrogen) atoms. The van der Waals surface area contributed by atoms with Crippen molar-refractivity contribution < 1.29 is 45.9 Å². The van der Waals surface area contributed by atoms with Crippen LogP contribution in [0.1, 0.15) is 46.4 Å². The number of benzene rings is 2. The topological polar surface area (TPSA) is 126 Å². The highest BCUT2D eigenvalue weighted by atomic mass is 35.5. The van der Waals surface area contributed by atoms with Gasteiger partial charge in [0, 0.05) is 93.7 Å². The molecule has 0 aliphatic carbocycles. The zero-order valence-electron chi connectivity index (χ0n) is 31.3. The van der Waals surface area contributed by atoms with Crippen molar-refractivity contribution in [2.45, 2.75) is 32.5 Å². The smallest absolute Gasteiger partial charge is 0.396 e. The number of aromatic nitrogens is 4. The third kappa shape index (κ3) is 8.44. The van der Waals surface area contributed by atoms with E-state index >= 15 is 8.78 Å². The number of imidazole rings is 1. The molecule has 2 saturated heterocycles. The second kappa shape index (κ2) is 15.9. The van der Waals surface area contributed by atoms with E-state index in [0.717, 1.165) is 59.6 Å². The Labute approximate surface area is 325 Å². The second-order valence-electron chi connectivity index (χ2n) is 15.1. The van der Waals surface area contributed by atoms with Crippen molar-refractivity contribution in [2.75, 3.05) is 65.3 Å². The number of aliphatic hydroxyl groups excluding tert-OH is 1. The first-order chi connectivity index (χ1) is 26.4. The second-order valence-corrected chi connectivity index (χ2v) is 15.5. The molecule has 4 heterocycles. The van der Waals surface area contributed by atoms with Crippen LogP contribution in [0.5, 0.6) is 0 Å². The summed E-state index contributed by atoms with van der Waals surface area (Å²) in [5.41, 5.74) is -2.71. The average molecular weight is 806 g/mol. The van der Waals surface area contributed by atoms with Crippen LogP contribution in [0.3, 0.4) is 0 Å². The number of alkyl halides is 3. The van der Waals surface area contributed by atoms with Gasteiger partial charge in [0.2, 0.25) is 5.91 Å². The molecule has 1 unspecified atom stereocenters. The number of piperazine rings is 1. The Morgan fingerprint density at radius 3 is 2.23 bits per heavy atom. The van der Waals surface area contributed by atoms with Crippen LogP contribution in [0.4, 0.5) is 27.6 Å². The minimum Gasteiger partial charge on any atom is -0.396 e. The first kappa shape index (κ1) is 40.8. The van der Waals surface area contributed by atoms with Crippen molar-refractivity contribution in [3.05, 3.63) is 76.5 Å². The van der Waals surface area contributed by atoms with Gasteiger partial charge in [0.25, 0.3) is 11.8 Å². The summed E-state index contributed by atoms with van der Waals surface area (Å²) in [6, 6.07) is 6.44. The molecule has 2 fully saturated rings. The fraction of sp³-hybridized carbons (Fsp3) is 0.447. The molecule has 0 spiro atoms. The molecule has 6 rings (SSSR count). The number of nitrogens with one attached hydrogen (secondary N) is 1. The van der Waals surface area contributed by atoms with Crippen molar-refractivity contribution in [2.24, 2.45) is 18.9 Å².